The van der Waals surface area contributed by atoms with Gasteiger partial charge in [0.15, 0.2) is 0 Å². The number of nitrogens with zero attached hydrogens (tertiary/aromatic N) is 1. The molecule has 0 aromatic rings. The second-order valence-corrected chi connectivity index (χ2v) is 6.28. The van der Waals surface area contributed by atoms with Crippen molar-refractivity contribution >= 4 is 5.91 Å². The summed E-state index contributed by atoms with van der Waals surface area (Å²) in [4.78, 5) is 14.0. The Kier molecular flexibility index (Phi) is 3.97. The highest BCUT2D eigenvalue weighted by atomic mass is 16.3. The number of aliphatic hydroxyl groups excluding tert-OH is 1. The summed E-state index contributed by atoms with van der Waals surface area (Å²) in [5.74, 6) is 0.00956. The number of rotatable bonds is 2. The van der Waals surface area contributed by atoms with Crippen molar-refractivity contribution < 1.29 is 15.0 Å². The zero-order valence-corrected chi connectivity index (χ0v) is 11.4. The van der Waals surface area contributed by atoms with Crippen LogP contribution in [0.25, 0.3) is 0 Å². The van der Waals surface area contributed by atoms with Crippen molar-refractivity contribution in [2.24, 2.45) is 5.92 Å². The van der Waals surface area contributed by atoms with E-state index in [0.29, 0.717) is 0 Å². The Morgan fingerprint density at radius 2 is 1.83 bits per heavy atom. The number of aliphatic hydroxyl groups is 2. The lowest BCUT2D eigenvalue weighted by molar-refractivity contribution is -0.151. The Balaban J connectivity index is 2.09. The van der Waals surface area contributed by atoms with Crippen molar-refractivity contribution in [1.82, 2.24) is 4.90 Å². The molecule has 2 N–H and O–H groups in total. The van der Waals surface area contributed by atoms with E-state index >= 15 is 0 Å². The molecule has 0 spiro atoms. The van der Waals surface area contributed by atoms with Gasteiger partial charge in [-0.1, -0.05) is 12.8 Å². The fourth-order valence-corrected chi connectivity index (χ4v) is 3.43. The Bertz CT molecular complexity index is 311. The summed E-state index contributed by atoms with van der Waals surface area (Å²) >= 11 is 0. The minimum Gasteiger partial charge on any atom is -0.393 e. The van der Waals surface area contributed by atoms with Gasteiger partial charge >= 0.3 is 0 Å². The van der Waals surface area contributed by atoms with E-state index in [9.17, 15) is 15.0 Å². The molecule has 2 fully saturated rings. The van der Waals surface area contributed by atoms with E-state index in [2.05, 4.69) is 0 Å². The normalized spacial score (nSPS) is 33.8. The predicted octanol–water partition coefficient (Wildman–Crippen LogP) is 1.30. The highest BCUT2D eigenvalue weighted by Crippen LogP contribution is 2.35. The molecule has 1 heterocycles. The molecule has 4 heteroatoms. The van der Waals surface area contributed by atoms with Gasteiger partial charge in [-0.15, -0.1) is 0 Å². The van der Waals surface area contributed by atoms with Crippen LogP contribution in [0.5, 0.6) is 0 Å². The second-order valence-electron chi connectivity index (χ2n) is 6.28. The van der Waals surface area contributed by atoms with Crippen LogP contribution in [0, 0.1) is 5.92 Å². The summed E-state index contributed by atoms with van der Waals surface area (Å²) in [5.41, 5.74) is -1.30. The first-order valence-electron chi connectivity index (χ1n) is 7.13. The summed E-state index contributed by atoms with van der Waals surface area (Å²) in [7, 11) is 0. The van der Waals surface area contributed by atoms with E-state index in [1.54, 1.807) is 18.7 Å². The first kappa shape index (κ1) is 13.8. The van der Waals surface area contributed by atoms with E-state index in [4.69, 9.17) is 0 Å². The first-order valence-corrected chi connectivity index (χ1v) is 7.13. The van der Waals surface area contributed by atoms with E-state index in [1.807, 2.05) is 0 Å². The molecule has 1 amide bonds. The van der Waals surface area contributed by atoms with E-state index in [0.717, 1.165) is 45.1 Å². The Morgan fingerprint density at radius 1 is 1.17 bits per heavy atom. The van der Waals surface area contributed by atoms with E-state index in [-0.39, 0.29) is 24.0 Å². The summed E-state index contributed by atoms with van der Waals surface area (Å²) in [6.45, 7) is 3.81. The average Bonchev–Trinajstić information content (AvgIpc) is 2.76. The van der Waals surface area contributed by atoms with Gasteiger partial charge in [-0.05, 0) is 39.5 Å². The Labute approximate surface area is 109 Å². The molecule has 104 valence electrons. The van der Waals surface area contributed by atoms with Crippen LogP contribution in [0.15, 0.2) is 0 Å². The number of carbonyl (C=O) groups is 1. The van der Waals surface area contributed by atoms with Gasteiger partial charge in [-0.25, -0.2) is 0 Å². The van der Waals surface area contributed by atoms with Gasteiger partial charge in [0.1, 0.15) is 5.60 Å². The zero-order valence-electron chi connectivity index (χ0n) is 11.4. The number of carbonyl (C=O) groups excluding carboxylic acids is 1. The van der Waals surface area contributed by atoms with Gasteiger partial charge in [0.05, 0.1) is 6.10 Å². The standard InChI is InChI=1S/C14H25NO3/c1-14(2,18)13(17)15-9-5-7-11(15)10-6-3-4-8-12(10)16/h10-12,16,18H,3-9H2,1-2H3. The van der Waals surface area contributed by atoms with Crippen LogP contribution < -0.4 is 0 Å². The molecule has 1 saturated carbocycles. The van der Waals surface area contributed by atoms with Gasteiger partial charge in [0.25, 0.3) is 5.91 Å². The quantitative estimate of drug-likeness (QED) is 0.782. The Morgan fingerprint density at radius 3 is 2.44 bits per heavy atom. The molecule has 3 atom stereocenters. The number of hydrogen-bond acceptors (Lipinski definition) is 3. The third kappa shape index (κ3) is 2.69. The lowest BCUT2D eigenvalue weighted by Gasteiger charge is -2.38. The molecule has 0 aromatic carbocycles. The van der Waals surface area contributed by atoms with Gasteiger partial charge in [0, 0.05) is 18.5 Å². The molecule has 2 rings (SSSR count). The fourth-order valence-electron chi connectivity index (χ4n) is 3.43. The van der Waals surface area contributed by atoms with Gasteiger partial charge < -0.3 is 15.1 Å². The van der Waals surface area contributed by atoms with Crippen LogP contribution in [-0.4, -0.2) is 45.3 Å². The summed E-state index contributed by atoms with van der Waals surface area (Å²) < 4.78 is 0. The molecular formula is C14H25NO3. The van der Waals surface area contributed by atoms with Crippen molar-refractivity contribution in [1.29, 1.82) is 0 Å². The SMILES string of the molecule is CC(C)(O)C(=O)N1CCCC1C1CCCCC1O. The zero-order chi connectivity index (χ0) is 13.3. The minimum atomic E-state index is -1.30. The maximum absolute atomic E-state index is 12.2. The van der Waals surface area contributed by atoms with Crippen LogP contribution in [0.1, 0.15) is 52.4 Å². The lowest BCUT2D eigenvalue weighted by atomic mass is 9.80. The van der Waals surface area contributed by atoms with Crippen molar-refractivity contribution in [3.63, 3.8) is 0 Å². The number of amides is 1. The first-order chi connectivity index (χ1) is 8.41. The highest BCUT2D eigenvalue weighted by Gasteiger charge is 2.42. The molecule has 1 aliphatic carbocycles. The third-order valence-corrected chi connectivity index (χ3v) is 4.36. The van der Waals surface area contributed by atoms with Crippen molar-refractivity contribution in [2.45, 2.75) is 70.1 Å². The molecule has 1 aliphatic heterocycles. The van der Waals surface area contributed by atoms with Crippen molar-refractivity contribution in [3.05, 3.63) is 0 Å². The van der Waals surface area contributed by atoms with Crippen LogP contribution in [-0.2, 0) is 4.79 Å². The number of likely N-dealkylation sites (tertiary alicyclic amines) is 1. The molecule has 2 aliphatic rings. The molecular weight excluding hydrogens is 230 g/mol. The van der Waals surface area contributed by atoms with Gasteiger partial charge in [0.2, 0.25) is 0 Å². The van der Waals surface area contributed by atoms with E-state index in [1.165, 1.54) is 0 Å². The molecule has 1 saturated heterocycles. The van der Waals surface area contributed by atoms with Crippen LogP contribution >= 0.6 is 0 Å². The lowest BCUT2D eigenvalue weighted by Crippen LogP contribution is -2.51. The van der Waals surface area contributed by atoms with Crippen molar-refractivity contribution in [3.8, 4) is 0 Å². The smallest absolute Gasteiger partial charge is 0.254 e. The van der Waals surface area contributed by atoms with Crippen LogP contribution in [0.2, 0.25) is 0 Å². The molecule has 0 radical (unpaired) electrons. The third-order valence-electron chi connectivity index (χ3n) is 4.36. The summed E-state index contributed by atoms with van der Waals surface area (Å²) in [5, 5.41) is 20.0. The number of hydrogen-bond donors (Lipinski definition) is 2. The summed E-state index contributed by atoms with van der Waals surface area (Å²) in [6, 6.07) is 0.124. The van der Waals surface area contributed by atoms with Crippen molar-refractivity contribution in [2.75, 3.05) is 6.54 Å². The van der Waals surface area contributed by atoms with Crippen LogP contribution in [0.4, 0.5) is 0 Å². The van der Waals surface area contributed by atoms with Crippen LogP contribution in [0.3, 0.4) is 0 Å². The monoisotopic (exact) mass is 255 g/mol. The average molecular weight is 255 g/mol. The second kappa shape index (κ2) is 5.17. The molecule has 18 heavy (non-hydrogen) atoms. The highest BCUT2D eigenvalue weighted by molar-refractivity contribution is 5.84. The maximum Gasteiger partial charge on any atom is 0.254 e. The van der Waals surface area contributed by atoms with E-state index < -0.39 is 5.60 Å². The summed E-state index contributed by atoms with van der Waals surface area (Å²) in [6.07, 6.45) is 5.75. The fraction of sp³-hybridized carbons (Fsp3) is 0.929. The van der Waals surface area contributed by atoms with Gasteiger partial charge in [-0.2, -0.15) is 0 Å². The topological polar surface area (TPSA) is 60.8 Å². The predicted molar refractivity (Wildman–Crippen MR) is 69.0 cm³/mol. The molecule has 4 nitrogen and oxygen atoms in total. The molecule has 3 unspecified atom stereocenters. The Hall–Kier alpha value is -0.610. The van der Waals surface area contributed by atoms with Gasteiger partial charge in [-0.3, -0.25) is 4.79 Å². The molecule has 0 aromatic heterocycles. The molecule has 0 bridgehead atoms. The maximum atomic E-state index is 12.2. The largest absolute Gasteiger partial charge is 0.393 e. The minimum absolute atomic E-state index is 0.124.